The molecule has 0 saturated carbocycles. The SMILES string of the molecule is Cl.Cl.Cl.NC(N)N. The minimum atomic E-state index is -0.667. The third-order valence-corrected chi connectivity index (χ3v) is 0. The van der Waals surface area contributed by atoms with E-state index in [1.54, 1.807) is 0 Å². The zero-order valence-electron chi connectivity index (χ0n) is 3.53. The largest absolute Gasteiger partial charge is 0.304 e. The van der Waals surface area contributed by atoms with Gasteiger partial charge in [-0.2, -0.15) is 0 Å². The van der Waals surface area contributed by atoms with Crippen LogP contribution < -0.4 is 17.2 Å². The Balaban J connectivity index is -0.0000000150. The third kappa shape index (κ3) is 271. The maximum atomic E-state index is 4.67. The molecule has 6 N–H and O–H groups in total. The molecular weight excluding hydrogens is 160 g/mol. The van der Waals surface area contributed by atoms with Crippen LogP contribution in [0.3, 0.4) is 0 Å². The lowest BCUT2D eigenvalue weighted by Crippen LogP contribution is -2.39. The summed E-state index contributed by atoms with van der Waals surface area (Å²) in [5, 5.41) is 0. The van der Waals surface area contributed by atoms with Gasteiger partial charge in [0.2, 0.25) is 0 Å². The highest BCUT2D eigenvalue weighted by Gasteiger charge is 1.64. The minimum absolute atomic E-state index is 0. The van der Waals surface area contributed by atoms with Crippen molar-refractivity contribution in [2.24, 2.45) is 17.2 Å². The molecule has 0 rings (SSSR count). The summed E-state index contributed by atoms with van der Waals surface area (Å²) in [4.78, 5) is 0. The number of rotatable bonds is 0. The van der Waals surface area contributed by atoms with Gasteiger partial charge in [-0.1, -0.05) is 0 Å². The van der Waals surface area contributed by atoms with Gasteiger partial charge in [-0.05, 0) is 0 Å². The van der Waals surface area contributed by atoms with Gasteiger partial charge in [0.25, 0.3) is 0 Å². The van der Waals surface area contributed by atoms with Crippen molar-refractivity contribution in [3.05, 3.63) is 0 Å². The van der Waals surface area contributed by atoms with Crippen molar-refractivity contribution in [2.75, 3.05) is 0 Å². The predicted molar refractivity (Wildman–Crippen MR) is 38.1 cm³/mol. The molecule has 0 unspecified atom stereocenters. The van der Waals surface area contributed by atoms with Crippen molar-refractivity contribution in [3.63, 3.8) is 0 Å². The van der Waals surface area contributed by atoms with Crippen LogP contribution in [0, 0.1) is 0 Å². The van der Waals surface area contributed by atoms with Gasteiger partial charge in [-0.15, -0.1) is 37.2 Å². The number of halogens is 3. The van der Waals surface area contributed by atoms with E-state index in [1.165, 1.54) is 0 Å². The van der Waals surface area contributed by atoms with E-state index in [0.717, 1.165) is 0 Å². The molecular formula is CH10Cl3N3. The third-order valence-electron chi connectivity index (χ3n) is 0. The molecule has 0 bridgehead atoms. The molecule has 0 spiro atoms. The Labute approximate surface area is 61.2 Å². The second kappa shape index (κ2) is 15.9. The Hall–Kier alpha value is 0.750. The van der Waals surface area contributed by atoms with Crippen LogP contribution in [0.5, 0.6) is 0 Å². The first-order chi connectivity index (χ1) is 1.73. The fourth-order valence-electron chi connectivity index (χ4n) is 0. The first-order valence-corrected chi connectivity index (χ1v) is 1.00. The van der Waals surface area contributed by atoms with Gasteiger partial charge in [0.05, 0.1) is 0 Å². The van der Waals surface area contributed by atoms with Crippen molar-refractivity contribution in [1.29, 1.82) is 0 Å². The van der Waals surface area contributed by atoms with Crippen molar-refractivity contribution in [1.82, 2.24) is 0 Å². The molecule has 0 aliphatic rings. The Kier molecular flexibility index (Phi) is 56.9. The fraction of sp³-hybridized carbons (Fsp3) is 1.00. The fourth-order valence-corrected chi connectivity index (χ4v) is 0. The summed E-state index contributed by atoms with van der Waals surface area (Å²) < 4.78 is 0. The van der Waals surface area contributed by atoms with Crippen LogP contribution in [0.1, 0.15) is 0 Å². The lowest BCUT2D eigenvalue weighted by molar-refractivity contribution is 0.750. The predicted octanol–water partition coefficient (Wildman–Crippen LogP) is -0.589. The van der Waals surface area contributed by atoms with Crippen LogP contribution >= 0.6 is 37.2 Å². The van der Waals surface area contributed by atoms with Crippen LogP contribution in [-0.4, -0.2) is 6.29 Å². The van der Waals surface area contributed by atoms with Gasteiger partial charge in [-0.25, -0.2) is 0 Å². The van der Waals surface area contributed by atoms with Crippen molar-refractivity contribution >= 4 is 37.2 Å². The maximum Gasteiger partial charge on any atom is 0.104 e. The Bertz CT molecular complexity index is 14.9. The molecule has 0 amide bonds. The molecule has 0 atom stereocenters. The molecule has 0 aromatic carbocycles. The second-order valence-corrected chi connectivity index (χ2v) is 0.577. The van der Waals surface area contributed by atoms with Gasteiger partial charge < -0.3 is 17.2 Å². The average molecular weight is 170 g/mol. The highest BCUT2D eigenvalue weighted by molar-refractivity contribution is 5.86. The summed E-state index contributed by atoms with van der Waals surface area (Å²) in [5.41, 5.74) is 14.0. The van der Waals surface area contributed by atoms with Gasteiger partial charge >= 0.3 is 0 Å². The highest BCUT2D eigenvalue weighted by atomic mass is 35.5. The molecule has 3 nitrogen and oxygen atoms in total. The molecule has 0 radical (unpaired) electrons. The molecule has 0 aromatic rings. The normalized spacial score (nSPS) is 5.14. The summed E-state index contributed by atoms with van der Waals surface area (Å²) in [6.45, 7) is 0. The van der Waals surface area contributed by atoms with E-state index >= 15 is 0 Å². The van der Waals surface area contributed by atoms with E-state index in [4.69, 9.17) is 0 Å². The Morgan fingerprint density at radius 3 is 0.714 bits per heavy atom. The van der Waals surface area contributed by atoms with Gasteiger partial charge in [0.15, 0.2) is 0 Å². The minimum Gasteiger partial charge on any atom is -0.304 e. The lowest BCUT2D eigenvalue weighted by Gasteiger charge is -1.84. The van der Waals surface area contributed by atoms with Gasteiger partial charge in [0.1, 0.15) is 6.29 Å². The lowest BCUT2D eigenvalue weighted by atomic mass is 11.0. The van der Waals surface area contributed by atoms with Crippen molar-refractivity contribution in [2.45, 2.75) is 6.29 Å². The maximum absolute atomic E-state index is 4.67. The summed E-state index contributed by atoms with van der Waals surface area (Å²) in [5.74, 6) is 0. The van der Waals surface area contributed by atoms with Crippen LogP contribution in [0.15, 0.2) is 0 Å². The molecule has 0 heterocycles. The van der Waals surface area contributed by atoms with Crippen LogP contribution in [-0.2, 0) is 0 Å². The van der Waals surface area contributed by atoms with E-state index < -0.39 is 6.29 Å². The van der Waals surface area contributed by atoms with E-state index in [-0.39, 0.29) is 37.2 Å². The molecule has 0 saturated heterocycles. The second-order valence-electron chi connectivity index (χ2n) is 0.577. The average Bonchev–Trinajstić information content (AvgIpc) is 0.811. The summed E-state index contributed by atoms with van der Waals surface area (Å²) in [6, 6.07) is 0. The van der Waals surface area contributed by atoms with E-state index in [9.17, 15) is 0 Å². The molecule has 0 aliphatic heterocycles. The topological polar surface area (TPSA) is 78.1 Å². The van der Waals surface area contributed by atoms with Crippen molar-refractivity contribution in [3.8, 4) is 0 Å². The summed E-state index contributed by atoms with van der Waals surface area (Å²) in [7, 11) is 0. The summed E-state index contributed by atoms with van der Waals surface area (Å²) >= 11 is 0. The number of hydrogen-bond donors (Lipinski definition) is 3. The molecule has 0 aromatic heterocycles. The van der Waals surface area contributed by atoms with Crippen molar-refractivity contribution < 1.29 is 0 Å². The highest BCUT2D eigenvalue weighted by Crippen LogP contribution is 1.17. The van der Waals surface area contributed by atoms with Gasteiger partial charge in [0, 0.05) is 0 Å². The summed E-state index contributed by atoms with van der Waals surface area (Å²) in [6.07, 6.45) is -0.667. The van der Waals surface area contributed by atoms with Crippen LogP contribution in [0.25, 0.3) is 0 Å². The van der Waals surface area contributed by atoms with Crippen LogP contribution in [0.2, 0.25) is 0 Å². The quantitative estimate of drug-likeness (QED) is 0.425. The Morgan fingerprint density at radius 2 is 0.714 bits per heavy atom. The first-order valence-electron chi connectivity index (χ1n) is 1.00. The monoisotopic (exact) mass is 169 g/mol. The molecule has 50 valence electrons. The van der Waals surface area contributed by atoms with Crippen LogP contribution in [0.4, 0.5) is 0 Å². The van der Waals surface area contributed by atoms with E-state index in [2.05, 4.69) is 17.2 Å². The zero-order valence-corrected chi connectivity index (χ0v) is 5.98. The number of hydrogen-bond acceptors (Lipinski definition) is 3. The molecule has 0 aliphatic carbocycles. The zero-order chi connectivity index (χ0) is 3.58. The van der Waals surface area contributed by atoms with E-state index in [0.29, 0.717) is 0 Å². The first kappa shape index (κ1) is 25.1. The standard InChI is InChI=1S/CH7N3.3ClH/c2-1(3)4;;;/h1H,2-4H2;3*1H. The molecule has 7 heavy (non-hydrogen) atoms. The number of nitrogens with two attached hydrogens (primary N) is 3. The van der Waals surface area contributed by atoms with Gasteiger partial charge in [-0.3, -0.25) is 0 Å². The molecule has 6 heteroatoms. The molecule has 0 fully saturated rings. The smallest absolute Gasteiger partial charge is 0.104 e. The Morgan fingerprint density at radius 1 is 0.714 bits per heavy atom. The van der Waals surface area contributed by atoms with E-state index in [1.807, 2.05) is 0 Å².